The minimum Gasteiger partial charge on any atom is -0.454 e. The van der Waals surface area contributed by atoms with Crippen molar-refractivity contribution in [2.45, 2.75) is 31.8 Å². The zero-order chi connectivity index (χ0) is 27.5. The molecule has 2 N–H and O–H groups in total. The van der Waals surface area contributed by atoms with Crippen LogP contribution in [0.1, 0.15) is 24.8 Å². The van der Waals surface area contributed by atoms with Crippen molar-refractivity contribution in [2.75, 3.05) is 25.2 Å². The van der Waals surface area contributed by atoms with Gasteiger partial charge in [-0.2, -0.15) is 0 Å². The minimum atomic E-state index is -0.559. The summed E-state index contributed by atoms with van der Waals surface area (Å²) in [6.07, 6.45) is 2.74. The first kappa shape index (κ1) is 26.7. The number of nitrogens with zero attached hydrogens (tertiary/aromatic N) is 2. The van der Waals surface area contributed by atoms with E-state index in [0.29, 0.717) is 43.0 Å². The van der Waals surface area contributed by atoms with Crippen LogP contribution < -0.4 is 20.1 Å². The molecule has 204 valence electrons. The first-order valence-corrected chi connectivity index (χ1v) is 13.6. The van der Waals surface area contributed by atoms with E-state index in [1.54, 1.807) is 30.3 Å². The average molecular weight is 597 g/mol. The normalized spacial score (nSPS) is 21.8. The molecule has 10 nitrogen and oxygen atoms in total. The fraction of sp³-hybridized carbons (Fsp3) is 0.357. The molecular weight excluding hydrogens is 568 g/mol. The third-order valence-corrected chi connectivity index (χ3v) is 7.83. The molecule has 2 aromatic rings. The zero-order valence-corrected chi connectivity index (χ0v) is 22.8. The van der Waals surface area contributed by atoms with Crippen LogP contribution in [-0.4, -0.2) is 59.5 Å². The lowest BCUT2D eigenvalue weighted by Crippen LogP contribution is -2.64. The molecule has 0 aromatic heterocycles. The van der Waals surface area contributed by atoms with Crippen LogP contribution >= 0.6 is 15.9 Å². The van der Waals surface area contributed by atoms with Gasteiger partial charge in [0, 0.05) is 35.2 Å². The van der Waals surface area contributed by atoms with Gasteiger partial charge < -0.3 is 25.0 Å². The van der Waals surface area contributed by atoms with E-state index in [0.717, 1.165) is 14.9 Å². The Labute approximate surface area is 234 Å². The first-order chi connectivity index (χ1) is 18.8. The Balaban J connectivity index is 1.27. The molecule has 2 aromatic carbocycles. The number of fused-ring (bicyclic) bond motifs is 2. The lowest BCUT2D eigenvalue weighted by Gasteiger charge is -2.47. The molecule has 5 amide bonds. The van der Waals surface area contributed by atoms with E-state index >= 15 is 0 Å². The lowest BCUT2D eigenvalue weighted by atomic mass is 9.75. The van der Waals surface area contributed by atoms with Gasteiger partial charge in [0.2, 0.25) is 24.5 Å². The Hall–Kier alpha value is -3.86. The molecule has 0 spiro atoms. The van der Waals surface area contributed by atoms with Crippen LogP contribution in [0.4, 0.5) is 10.5 Å². The van der Waals surface area contributed by atoms with E-state index in [-0.39, 0.29) is 37.6 Å². The van der Waals surface area contributed by atoms with Crippen molar-refractivity contribution in [1.82, 2.24) is 15.1 Å². The van der Waals surface area contributed by atoms with Gasteiger partial charge in [0.05, 0.1) is 5.92 Å². The van der Waals surface area contributed by atoms with Gasteiger partial charge in [-0.15, -0.1) is 6.58 Å². The summed E-state index contributed by atoms with van der Waals surface area (Å²) in [6.45, 7) is 3.97. The number of ether oxygens (including phenoxy) is 2. The van der Waals surface area contributed by atoms with E-state index in [4.69, 9.17) is 9.47 Å². The highest BCUT2D eigenvalue weighted by atomic mass is 79.9. The van der Waals surface area contributed by atoms with Crippen molar-refractivity contribution in [3.63, 3.8) is 0 Å². The topological polar surface area (TPSA) is 117 Å². The Morgan fingerprint density at radius 2 is 1.85 bits per heavy atom. The van der Waals surface area contributed by atoms with Crippen LogP contribution in [0.3, 0.4) is 0 Å². The fourth-order valence-corrected chi connectivity index (χ4v) is 5.63. The highest BCUT2D eigenvalue weighted by Gasteiger charge is 2.49. The van der Waals surface area contributed by atoms with Gasteiger partial charge in [0.15, 0.2) is 11.5 Å². The molecule has 11 heteroatoms. The number of hydrogen-bond acceptors (Lipinski definition) is 6. The molecule has 3 atom stereocenters. The zero-order valence-electron chi connectivity index (χ0n) is 21.2. The van der Waals surface area contributed by atoms with Crippen LogP contribution in [0.25, 0.3) is 0 Å². The van der Waals surface area contributed by atoms with Crippen LogP contribution in [0, 0.1) is 11.8 Å². The van der Waals surface area contributed by atoms with Gasteiger partial charge in [-0.1, -0.05) is 28.1 Å². The van der Waals surface area contributed by atoms with Gasteiger partial charge >= 0.3 is 6.03 Å². The largest absolute Gasteiger partial charge is 0.454 e. The molecule has 3 unspecified atom stereocenters. The highest BCUT2D eigenvalue weighted by molar-refractivity contribution is 9.10. The summed E-state index contributed by atoms with van der Waals surface area (Å²) in [4.78, 5) is 55.2. The summed E-state index contributed by atoms with van der Waals surface area (Å²) < 4.78 is 11.6. The predicted octanol–water partition coefficient (Wildman–Crippen LogP) is 3.67. The standard InChI is InChI=1S/C28H29BrN4O6/c1-2-11-32-27(36)21-9-4-18(26(35)30-14-17-3-10-23-24(12-17)39-16-38-23)13-22(21)33(28(32)37)15-25(34)31-20-7-5-19(29)6-8-20/h2-3,5-8,10,12,18,21-22H,1,4,9,11,13-16H2,(H,30,35)(H,31,34). The summed E-state index contributed by atoms with van der Waals surface area (Å²) >= 11 is 3.36. The number of amides is 5. The smallest absolute Gasteiger partial charge is 0.327 e. The second kappa shape index (κ2) is 11.5. The van der Waals surface area contributed by atoms with E-state index in [2.05, 4.69) is 33.1 Å². The fourth-order valence-electron chi connectivity index (χ4n) is 5.36. The number of anilines is 1. The molecule has 0 radical (unpaired) electrons. The predicted molar refractivity (Wildman–Crippen MR) is 146 cm³/mol. The second-order valence-corrected chi connectivity index (χ2v) is 10.7. The number of halogens is 1. The van der Waals surface area contributed by atoms with Crippen LogP contribution in [0.2, 0.25) is 0 Å². The van der Waals surface area contributed by atoms with Crippen molar-refractivity contribution in [3.8, 4) is 11.5 Å². The second-order valence-electron chi connectivity index (χ2n) is 9.79. The number of benzene rings is 2. The van der Waals surface area contributed by atoms with Crippen LogP contribution in [0.15, 0.2) is 59.6 Å². The average Bonchev–Trinajstić information content (AvgIpc) is 3.41. The monoisotopic (exact) mass is 596 g/mol. The molecule has 1 saturated carbocycles. The molecule has 5 rings (SSSR count). The van der Waals surface area contributed by atoms with Crippen LogP contribution in [-0.2, 0) is 20.9 Å². The van der Waals surface area contributed by atoms with E-state index in [1.807, 2.05) is 12.1 Å². The Morgan fingerprint density at radius 3 is 2.62 bits per heavy atom. The number of rotatable bonds is 8. The Bertz CT molecular complexity index is 1300. The summed E-state index contributed by atoms with van der Waals surface area (Å²) in [7, 11) is 0. The lowest BCUT2D eigenvalue weighted by molar-refractivity contribution is -0.144. The van der Waals surface area contributed by atoms with Gasteiger partial charge in [-0.05, 0) is 61.2 Å². The van der Waals surface area contributed by atoms with Crippen molar-refractivity contribution in [2.24, 2.45) is 11.8 Å². The van der Waals surface area contributed by atoms with Crippen molar-refractivity contribution >= 4 is 45.4 Å². The van der Waals surface area contributed by atoms with E-state index in [1.165, 1.54) is 11.0 Å². The maximum absolute atomic E-state index is 13.4. The number of urea groups is 1. The number of imide groups is 1. The quantitative estimate of drug-likeness (QED) is 0.449. The molecule has 39 heavy (non-hydrogen) atoms. The SMILES string of the molecule is C=CCN1C(=O)C2CCC(C(=O)NCc3ccc4c(c3)OCO4)CC2N(CC(=O)Nc2ccc(Br)cc2)C1=O. The van der Waals surface area contributed by atoms with E-state index in [9.17, 15) is 19.2 Å². The summed E-state index contributed by atoms with van der Waals surface area (Å²) in [5, 5.41) is 5.77. The molecule has 3 aliphatic rings. The van der Waals surface area contributed by atoms with Crippen LogP contribution in [0.5, 0.6) is 11.5 Å². The summed E-state index contributed by atoms with van der Waals surface area (Å²) in [5.41, 5.74) is 1.46. The molecule has 2 fully saturated rings. The molecule has 1 aliphatic carbocycles. The van der Waals surface area contributed by atoms with Gasteiger partial charge in [0.1, 0.15) is 6.54 Å². The molecule has 1 saturated heterocycles. The van der Waals surface area contributed by atoms with E-state index < -0.39 is 23.9 Å². The van der Waals surface area contributed by atoms with Crippen molar-refractivity contribution in [1.29, 1.82) is 0 Å². The molecule has 2 heterocycles. The summed E-state index contributed by atoms with van der Waals surface area (Å²) in [5.74, 6) is -0.392. The maximum Gasteiger partial charge on any atom is 0.327 e. The maximum atomic E-state index is 13.4. The third-order valence-electron chi connectivity index (χ3n) is 7.30. The number of nitrogens with one attached hydrogen (secondary N) is 2. The molecular formula is C28H29BrN4O6. The first-order valence-electron chi connectivity index (χ1n) is 12.8. The van der Waals surface area contributed by atoms with Crippen molar-refractivity contribution in [3.05, 3.63) is 65.2 Å². The molecule has 2 aliphatic heterocycles. The number of hydrogen-bond donors (Lipinski definition) is 2. The third kappa shape index (κ3) is 5.78. The summed E-state index contributed by atoms with van der Waals surface area (Å²) in [6, 6.07) is 11.5. The van der Waals surface area contributed by atoms with Gasteiger partial charge in [-0.3, -0.25) is 19.3 Å². The van der Waals surface area contributed by atoms with Gasteiger partial charge in [0.25, 0.3) is 0 Å². The minimum absolute atomic E-state index is 0.0607. The Morgan fingerprint density at radius 1 is 1.08 bits per heavy atom. The number of carbonyl (C=O) groups excluding carboxylic acids is 4. The van der Waals surface area contributed by atoms with Crippen molar-refractivity contribution < 1.29 is 28.7 Å². The number of carbonyl (C=O) groups is 4. The van der Waals surface area contributed by atoms with Gasteiger partial charge in [-0.25, -0.2) is 4.79 Å². The molecule has 0 bridgehead atoms. The Kier molecular flexibility index (Phi) is 7.87. The highest BCUT2D eigenvalue weighted by Crippen LogP contribution is 2.38.